The number of rotatable bonds is 9. The van der Waals surface area contributed by atoms with Gasteiger partial charge in [-0.3, -0.25) is 4.79 Å². The van der Waals surface area contributed by atoms with Crippen molar-refractivity contribution in [1.82, 2.24) is 9.62 Å². The highest BCUT2D eigenvalue weighted by atomic mass is 35.5. The van der Waals surface area contributed by atoms with Crippen LogP contribution >= 0.6 is 11.6 Å². The zero-order chi connectivity index (χ0) is 18.6. The quantitative estimate of drug-likeness (QED) is 0.646. The van der Waals surface area contributed by atoms with Gasteiger partial charge in [0.1, 0.15) is 0 Å². The minimum Gasteiger partial charge on any atom is -0.381 e. The zero-order valence-corrected chi connectivity index (χ0v) is 16.3. The Morgan fingerprint density at radius 3 is 2.69 bits per heavy atom. The van der Waals surface area contributed by atoms with E-state index < -0.39 is 10.0 Å². The van der Waals surface area contributed by atoms with Crippen LogP contribution in [0.2, 0.25) is 5.02 Å². The van der Waals surface area contributed by atoms with Crippen molar-refractivity contribution in [1.29, 1.82) is 0 Å². The van der Waals surface area contributed by atoms with Crippen molar-refractivity contribution in [3.8, 4) is 0 Å². The van der Waals surface area contributed by atoms with Crippen LogP contribution in [0.1, 0.15) is 42.5 Å². The largest absolute Gasteiger partial charge is 0.381 e. The third-order valence-corrected chi connectivity index (χ3v) is 6.91. The number of sulfonamides is 1. The Balaban J connectivity index is 1.56. The molecular weight excluding hydrogens is 376 g/mol. The van der Waals surface area contributed by atoms with E-state index in [4.69, 9.17) is 16.3 Å². The van der Waals surface area contributed by atoms with E-state index in [0.717, 1.165) is 25.4 Å². The molecule has 0 aromatic heterocycles. The molecule has 8 heteroatoms. The molecule has 1 aromatic rings. The highest BCUT2D eigenvalue weighted by Gasteiger charge is 2.28. The number of carbonyl (C=O) groups excluding carboxylic acids is 1. The Hall–Kier alpha value is -1.15. The molecule has 1 aliphatic heterocycles. The van der Waals surface area contributed by atoms with E-state index in [1.165, 1.54) is 35.3 Å². The number of carbonyl (C=O) groups is 1. The number of nitrogens with zero attached hydrogens (tertiary/aromatic N) is 1. The van der Waals surface area contributed by atoms with E-state index in [1.807, 2.05) is 0 Å². The molecule has 1 heterocycles. The summed E-state index contributed by atoms with van der Waals surface area (Å²) in [6.07, 6.45) is 4.95. The first-order chi connectivity index (χ1) is 12.5. The van der Waals surface area contributed by atoms with E-state index in [-0.39, 0.29) is 21.4 Å². The van der Waals surface area contributed by atoms with Gasteiger partial charge in [0.05, 0.1) is 15.5 Å². The Bertz CT molecular complexity index is 744. The zero-order valence-electron chi connectivity index (χ0n) is 14.7. The molecule has 144 valence electrons. The van der Waals surface area contributed by atoms with Gasteiger partial charge < -0.3 is 10.1 Å². The fourth-order valence-corrected chi connectivity index (χ4v) is 4.67. The second-order valence-electron chi connectivity index (χ2n) is 6.88. The standard InChI is InChI=1S/C18H25ClN2O4S/c19-17-7-6-15(26(23,24)21-9-1-2-10-21)12-16(17)18(22)20-8-3-11-25-13-14-4-5-14/h6-7,12,14H,1-5,8-11,13H2,(H,20,22). The van der Waals surface area contributed by atoms with Crippen molar-refractivity contribution < 1.29 is 17.9 Å². The van der Waals surface area contributed by atoms with Crippen LogP contribution in [0, 0.1) is 5.92 Å². The minimum atomic E-state index is -3.57. The van der Waals surface area contributed by atoms with Crippen molar-refractivity contribution in [2.75, 3.05) is 32.8 Å². The lowest BCUT2D eigenvalue weighted by Gasteiger charge is -2.16. The Morgan fingerprint density at radius 1 is 1.27 bits per heavy atom. The first-order valence-electron chi connectivity index (χ1n) is 9.14. The van der Waals surface area contributed by atoms with Gasteiger partial charge in [-0.05, 0) is 56.2 Å². The van der Waals surface area contributed by atoms with Crippen molar-refractivity contribution in [3.63, 3.8) is 0 Å². The van der Waals surface area contributed by atoms with Crippen LogP contribution in [0.3, 0.4) is 0 Å². The molecule has 2 aliphatic rings. The van der Waals surface area contributed by atoms with Gasteiger partial charge in [-0.25, -0.2) is 8.42 Å². The molecular formula is C18H25ClN2O4S. The highest BCUT2D eigenvalue weighted by Crippen LogP contribution is 2.28. The molecule has 0 radical (unpaired) electrons. The third kappa shape index (κ3) is 4.97. The van der Waals surface area contributed by atoms with Crippen molar-refractivity contribution >= 4 is 27.5 Å². The second-order valence-corrected chi connectivity index (χ2v) is 9.23. The van der Waals surface area contributed by atoms with Gasteiger partial charge in [0.15, 0.2) is 0 Å². The molecule has 6 nitrogen and oxygen atoms in total. The lowest BCUT2D eigenvalue weighted by atomic mass is 10.2. The lowest BCUT2D eigenvalue weighted by Crippen LogP contribution is -2.29. The van der Waals surface area contributed by atoms with Gasteiger partial charge in [-0.15, -0.1) is 0 Å². The Morgan fingerprint density at radius 2 is 2.00 bits per heavy atom. The minimum absolute atomic E-state index is 0.113. The lowest BCUT2D eigenvalue weighted by molar-refractivity contribution is 0.0937. The van der Waals surface area contributed by atoms with E-state index in [9.17, 15) is 13.2 Å². The number of hydrogen-bond acceptors (Lipinski definition) is 4. The van der Waals surface area contributed by atoms with Gasteiger partial charge in [0.25, 0.3) is 5.91 Å². The van der Waals surface area contributed by atoms with E-state index >= 15 is 0 Å². The third-order valence-electron chi connectivity index (χ3n) is 4.69. The molecule has 1 aliphatic carbocycles. The summed E-state index contributed by atoms with van der Waals surface area (Å²) in [4.78, 5) is 12.5. The summed E-state index contributed by atoms with van der Waals surface area (Å²) < 4.78 is 32.3. The molecule has 1 saturated heterocycles. The maximum atomic E-state index is 12.6. The summed E-state index contributed by atoms with van der Waals surface area (Å²) in [7, 11) is -3.57. The molecule has 3 rings (SSSR count). The summed E-state index contributed by atoms with van der Waals surface area (Å²) in [6.45, 7) is 2.91. The molecule has 26 heavy (non-hydrogen) atoms. The van der Waals surface area contributed by atoms with Gasteiger partial charge in [0.2, 0.25) is 10.0 Å². The van der Waals surface area contributed by atoms with Crippen LogP contribution in [0.5, 0.6) is 0 Å². The number of halogens is 1. The first-order valence-corrected chi connectivity index (χ1v) is 11.0. The van der Waals surface area contributed by atoms with Crippen LogP contribution in [0.4, 0.5) is 0 Å². The Kier molecular flexibility index (Phi) is 6.55. The fourth-order valence-electron chi connectivity index (χ4n) is 2.92. The summed E-state index contributed by atoms with van der Waals surface area (Å²) in [5, 5.41) is 3.02. The molecule has 0 atom stereocenters. The van der Waals surface area contributed by atoms with Crippen molar-refractivity contribution in [3.05, 3.63) is 28.8 Å². The normalized spacial score (nSPS) is 18.2. The summed E-state index contributed by atoms with van der Waals surface area (Å²) in [6, 6.07) is 4.30. The van der Waals surface area contributed by atoms with Crippen LogP contribution in [-0.4, -0.2) is 51.5 Å². The second kappa shape index (κ2) is 8.69. The van der Waals surface area contributed by atoms with Crippen LogP contribution in [-0.2, 0) is 14.8 Å². The number of nitrogens with one attached hydrogen (secondary N) is 1. The van der Waals surface area contributed by atoms with Gasteiger partial charge in [-0.2, -0.15) is 4.31 Å². The van der Waals surface area contributed by atoms with E-state index in [0.29, 0.717) is 32.7 Å². The highest BCUT2D eigenvalue weighted by molar-refractivity contribution is 7.89. The van der Waals surface area contributed by atoms with Crippen molar-refractivity contribution in [2.24, 2.45) is 5.92 Å². The average Bonchev–Trinajstić information content (AvgIpc) is 3.27. The van der Waals surface area contributed by atoms with Gasteiger partial charge in [-0.1, -0.05) is 11.6 Å². The maximum Gasteiger partial charge on any atom is 0.252 e. The summed E-state index contributed by atoms with van der Waals surface area (Å²) in [5.41, 5.74) is 0.186. The van der Waals surface area contributed by atoms with E-state index in [1.54, 1.807) is 0 Å². The Labute approximate surface area is 159 Å². The predicted octanol–water partition coefficient (Wildman–Crippen LogP) is 2.67. The molecule has 0 spiro atoms. The number of hydrogen-bond donors (Lipinski definition) is 1. The van der Waals surface area contributed by atoms with Gasteiger partial charge in [0, 0.05) is 32.8 Å². The van der Waals surface area contributed by atoms with Gasteiger partial charge >= 0.3 is 0 Å². The topological polar surface area (TPSA) is 75.7 Å². The monoisotopic (exact) mass is 400 g/mol. The van der Waals surface area contributed by atoms with E-state index in [2.05, 4.69) is 5.32 Å². The molecule has 0 bridgehead atoms. The smallest absolute Gasteiger partial charge is 0.252 e. The molecule has 0 unspecified atom stereocenters. The van der Waals surface area contributed by atoms with Crippen LogP contribution < -0.4 is 5.32 Å². The first kappa shape index (κ1) is 19.6. The molecule has 1 saturated carbocycles. The fraction of sp³-hybridized carbons (Fsp3) is 0.611. The molecule has 1 aromatic carbocycles. The summed E-state index contributed by atoms with van der Waals surface area (Å²) >= 11 is 6.11. The predicted molar refractivity (Wildman–Crippen MR) is 99.9 cm³/mol. The number of ether oxygens (including phenoxy) is 1. The van der Waals surface area contributed by atoms with Crippen molar-refractivity contribution in [2.45, 2.75) is 37.0 Å². The summed E-state index contributed by atoms with van der Waals surface area (Å²) in [5.74, 6) is 0.361. The maximum absolute atomic E-state index is 12.6. The average molecular weight is 401 g/mol. The molecule has 1 N–H and O–H groups in total. The van der Waals surface area contributed by atoms with Crippen LogP contribution in [0.15, 0.2) is 23.1 Å². The number of benzene rings is 1. The molecule has 2 fully saturated rings. The number of amides is 1. The molecule has 1 amide bonds. The van der Waals surface area contributed by atoms with Crippen LogP contribution in [0.25, 0.3) is 0 Å². The SMILES string of the molecule is O=C(NCCCOCC1CC1)c1cc(S(=O)(=O)N2CCCC2)ccc1Cl.